The van der Waals surface area contributed by atoms with Gasteiger partial charge in [-0.25, -0.2) is 4.79 Å². The van der Waals surface area contributed by atoms with Gasteiger partial charge < -0.3 is 25.5 Å². The first kappa shape index (κ1) is 16.8. The Kier molecular flexibility index (Phi) is 4.08. The van der Waals surface area contributed by atoms with E-state index in [0.29, 0.717) is 11.1 Å². The van der Waals surface area contributed by atoms with E-state index < -0.39 is 29.2 Å². The number of allylic oxidation sites excluding steroid dienone is 1. The molecule has 2 aromatic carbocycles. The van der Waals surface area contributed by atoms with Gasteiger partial charge in [-0.3, -0.25) is 0 Å². The van der Waals surface area contributed by atoms with Crippen molar-refractivity contribution in [2.45, 2.75) is 11.7 Å². The first-order valence-corrected chi connectivity index (χ1v) is 7.51. The van der Waals surface area contributed by atoms with Crippen molar-refractivity contribution in [3.05, 3.63) is 83.3 Å². The molecule has 2 unspecified atom stereocenters. The first-order chi connectivity index (χ1) is 11.9. The smallest absolute Gasteiger partial charge is 0.347 e. The van der Waals surface area contributed by atoms with E-state index in [4.69, 9.17) is 0 Å². The van der Waals surface area contributed by atoms with Crippen molar-refractivity contribution in [1.82, 2.24) is 0 Å². The topological polar surface area (TPSA) is 118 Å². The van der Waals surface area contributed by atoms with Gasteiger partial charge in [0.05, 0.1) is 0 Å². The minimum atomic E-state index is -3.05. The lowest BCUT2D eigenvalue weighted by Crippen LogP contribution is -2.54. The number of carboxylic acids is 1. The lowest BCUT2D eigenvalue weighted by molar-refractivity contribution is -0.166. The molecule has 1 aliphatic carbocycles. The summed E-state index contributed by atoms with van der Waals surface area (Å²) in [5, 5.41) is 51.0. The maximum Gasteiger partial charge on any atom is 0.347 e. The molecule has 5 N–H and O–H groups in total. The van der Waals surface area contributed by atoms with Crippen LogP contribution in [0.3, 0.4) is 0 Å². The van der Waals surface area contributed by atoms with Crippen molar-refractivity contribution in [1.29, 1.82) is 0 Å². The van der Waals surface area contributed by atoms with Crippen molar-refractivity contribution in [2.75, 3.05) is 0 Å². The Morgan fingerprint density at radius 3 is 1.84 bits per heavy atom. The van der Waals surface area contributed by atoms with Crippen LogP contribution in [0.25, 0.3) is 11.1 Å². The molecule has 0 radical (unpaired) electrons. The summed E-state index contributed by atoms with van der Waals surface area (Å²) in [4.78, 5) is 11.5. The number of aliphatic hydroxyl groups excluding tert-OH is 3. The highest BCUT2D eigenvalue weighted by Crippen LogP contribution is 2.44. The maximum absolute atomic E-state index is 11.5. The van der Waals surface area contributed by atoms with Gasteiger partial charge in [0.1, 0.15) is 6.10 Å². The minimum Gasteiger partial charge on any atom is -0.505 e. The number of rotatable bonds is 3. The molecule has 0 aromatic heterocycles. The van der Waals surface area contributed by atoms with Crippen molar-refractivity contribution in [2.24, 2.45) is 0 Å². The summed E-state index contributed by atoms with van der Waals surface area (Å²) >= 11 is 0. The van der Waals surface area contributed by atoms with Crippen molar-refractivity contribution in [3.8, 4) is 0 Å². The SMILES string of the molecule is O=C(O)C1(O)C(O)=C(O)C(c2ccccc2)=C(c2ccccc2)C1O. The van der Waals surface area contributed by atoms with E-state index in [9.17, 15) is 30.3 Å². The zero-order valence-corrected chi connectivity index (χ0v) is 13.0. The van der Waals surface area contributed by atoms with E-state index in [1.807, 2.05) is 0 Å². The molecule has 2 aromatic rings. The van der Waals surface area contributed by atoms with Gasteiger partial charge in [-0.1, -0.05) is 60.7 Å². The third kappa shape index (κ3) is 2.48. The molecular weight excluding hydrogens is 324 g/mol. The molecule has 128 valence electrons. The molecule has 0 heterocycles. The van der Waals surface area contributed by atoms with Gasteiger partial charge in [0.25, 0.3) is 5.60 Å². The van der Waals surface area contributed by atoms with Crippen LogP contribution < -0.4 is 0 Å². The van der Waals surface area contributed by atoms with Crippen molar-refractivity contribution < 1.29 is 30.3 Å². The van der Waals surface area contributed by atoms with Gasteiger partial charge in [-0.05, 0) is 11.1 Å². The van der Waals surface area contributed by atoms with Crippen LogP contribution in [0.2, 0.25) is 0 Å². The van der Waals surface area contributed by atoms with Gasteiger partial charge in [-0.15, -0.1) is 0 Å². The third-order valence-electron chi connectivity index (χ3n) is 4.23. The fourth-order valence-electron chi connectivity index (χ4n) is 2.94. The molecule has 25 heavy (non-hydrogen) atoms. The zero-order valence-electron chi connectivity index (χ0n) is 13.0. The van der Waals surface area contributed by atoms with E-state index in [0.717, 1.165) is 0 Å². The molecule has 3 rings (SSSR count). The quantitative estimate of drug-likeness (QED) is 0.584. The van der Waals surface area contributed by atoms with E-state index in [-0.39, 0.29) is 11.1 Å². The van der Waals surface area contributed by atoms with E-state index in [1.54, 1.807) is 60.7 Å². The Morgan fingerprint density at radius 2 is 1.36 bits per heavy atom. The molecule has 0 bridgehead atoms. The van der Waals surface area contributed by atoms with Crippen molar-refractivity contribution >= 4 is 17.1 Å². The summed E-state index contributed by atoms with van der Waals surface area (Å²) in [6.07, 6.45) is -1.99. The Balaban J connectivity index is 2.38. The molecule has 0 saturated carbocycles. The predicted octanol–water partition coefficient (Wildman–Crippen LogP) is 2.12. The molecular formula is C19H16O6. The Hall–Kier alpha value is -3.09. The third-order valence-corrected chi connectivity index (χ3v) is 4.23. The number of carboxylic acid groups (broad SMARTS) is 1. The highest BCUT2D eigenvalue weighted by atomic mass is 16.4. The van der Waals surface area contributed by atoms with E-state index >= 15 is 0 Å². The number of aliphatic carboxylic acids is 1. The summed E-state index contributed by atoms with van der Waals surface area (Å²) in [5.41, 5.74) is -2.12. The van der Waals surface area contributed by atoms with Gasteiger partial charge in [0.15, 0.2) is 11.5 Å². The first-order valence-electron chi connectivity index (χ1n) is 7.51. The second-order valence-corrected chi connectivity index (χ2v) is 5.69. The molecule has 2 atom stereocenters. The number of hydrogen-bond acceptors (Lipinski definition) is 5. The molecule has 0 saturated heterocycles. The molecule has 0 spiro atoms. The average Bonchev–Trinajstić information content (AvgIpc) is 2.64. The van der Waals surface area contributed by atoms with Gasteiger partial charge in [-0.2, -0.15) is 0 Å². The van der Waals surface area contributed by atoms with Crippen LogP contribution in [-0.4, -0.2) is 43.2 Å². The number of aliphatic hydroxyl groups is 4. The summed E-state index contributed by atoms with van der Waals surface area (Å²) in [5.74, 6) is -3.86. The summed E-state index contributed by atoms with van der Waals surface area (Å²) in [7, 11) is 0. The number of carbonyl (C=O) groups is 1. The van der Waals surface area contributed by atoms with Crippen LogP contribution >= 0.6 is 0 Å². The largest absolute Gasteiger partial charge is 0.505 e. The summed E-state index contributed by atoms with van der Waals surface area (Å²) in [6.45, 7) is 0. The predicted molar refractivity (Wildman–Crippen MR) is 90.6 cm³/mol. The number of hydrogen-bond donors (Lipinski definition) is 5. The average molecular weight is 340 g/mol. The van der Waals surface area contributed by atoms with Crippen LogP contribution in [0, 0.1) is 0 Å². The van der Waals surface area contributed by atoms with Crippen LogP contribution in [0.5, 0.6) is 0 Å². The van der Waals surface area contributed by atoms with Crippen LogP contribution in [0.15, 0.2) is 72.2 Å². The molecule has 6 heteroatoms. The zero-order chi connectivity index (χ0) is 18.2. The Labute approximate surface area is 143 Å². The fraction of sp³-hybridized carbons (Fsp3) is 0.105. The van der Waals surface area contributed by atoms with Crippen LogP contribution in [0.4, 0.5) is 0 Å². The van der Waals surface area contributed by atoms with Gasteiger partial charge >= 0.3 is 5.97 Å². The van der Waals surface area contributed by atoms with Crippen LogP contribution in [0.1, 0.15) is 11.1 Å². The monoisotopic (exact) mass is 340 g/mol. The van der Waals surface area contributed by atoms with Gasteiger partial charge in [0, 0.05) is 11.1 Å². The van der Waals surface area contributed by atoms with E-state index in [2.05, 4.69) is 0 Å². The molecule has 0 aliphatic heterocycles. The standard InChI is InChI=1S/C19H16O6/c20-15-13(11-7-3-1-4-8-11)14(12-9-5-2-6-10-12)16(21)19(25,17(15)22)18(23)24/h1-10,16,20-22,25H,(H,23,24). The Morgan fingerprint density at radius 1 is 0.880 bits per heavy atom. The second kappa shape index (κ2) is 6.08. The Bertz CT molecular complexity index is 869. The summed E-state index contributed by atoms with van der Waals surface area (Å²) in [6, 6.07) is 16.7. The second-order valence-electron chi connectivity index (χ2n) is 5.69. The molecule has 6 nitrogen and oxygen atoms in total. The molecule has 1 aliphatic rings. The van der Waals surface area contributed by atoms with Crippen LogP contribution in [-0.2, 0) is 4.79 Å². The van der Waals surface area contributed by atoms with Crippen molar-refractivity contribution in [3.63, 3.8) is 0 Å². The highest BCUT2D eigenvalue weighted by molar-refractivity contribution is 6.04. The minimum absolute atomic E-state index is 0.00648. The summed E-state index contributed by atoms with van der Waals surface area (Å²) < 4.78 is 0. The molecule has 0 fully saturated rings. The normalized spacial score (nSPS) is 23.7. The fourth-order valence-corrected chi connectivity index (χ4v) is 2.94. The highest BCUT2D eigenvalue weighted by Gasteiger charge is 2.55. The van der Waals surface area contributed by atoms with Gasteiger partial charge in [0.2, 0.25) is 0 Å². The van der Waals surface area contributed by atoms with E-state index in [1.165, 1.54) is 0 Å². The lowest BCUT2D eigenvalue weighted by Gasteiger charge is -2.35. The maximum atomic E-state index is 11.5. The lowest BCUT2D eigenvalue weighted by atomic mass is 9.76. The number of benzene rings is 2. The molecule has 0 amide bonds.